The van der Waals surface area contributed by atoms with E-state index in [9.17, 15) is 14.4 Å². The van der Waals surface area contributed by atoms with Gasteiger partial charge in [0.25, 0.3) is 5.91 Å². The molecule has 2 aromatic carbocycles. The topological polar surface area (TPSA) is 122 Å². The molecule has 4 rings (SSSR count). The number of ether oxygens (including phenoxy) is 2. The Morgan fingerprint density at radius 1 is 1.14 bits per heavy atom. The lowest BCUT2D eigenvalue weighted by Crippen LogP contribution is -2.30. The molecular weight excluding hydrogens is 542 g/mol. The number of ketones is 1. The summed E-state index contributed by atoms with van der Waals surface area (Å²) in [6.07, 6.45) is 0. The Kier molecular flexibility index (Phi) is 8.12. The zero-order valence-corrected chi connectivity index (χ0v) is 23.1. The lowest BCUT2D eigenvalue weighted by molar-refractivity contribution is 0.00379. The number of rotatable bonds is 7. The van der Waals surface area contributed by atoms with Gasteiger partial charge in [0.1, 0.15) is 22.8 Å². The Morgan fingerprint density at radius 2 is 1.86 bits per heavy atom. The van der Waals surface area contributed by atoms with E-state index in [-0.39, 0.29) is 46.8 Å². The van der Waals surface area contributed by atoms with Crippen molar-refractivity contribution < 1.29 is 28.3 Å². The molecule has 0 spiro atoms. The summed E-state index contributed by atoms with van der Waals surface area (Å²) in [5, 5.41) is 11.8. The van der Waals surface area contributed by atoms with Crippen LogP contribution in [-0.2, 0) is 11.3 Å². The number of furan rings is 1. The molecule has 2 N–H and O–H groups in total. The highest BCUT2D eigenvalue weighted by atomic mass is 79.9. The van der Waals surface area contributed by atoms with E-state index in [2.05, 4.69) is 5.32 Å². The summed E-state index contributed by atoms with van der Waals surface area (Å²) in [4.78, 5) is 39.4. The van der Waals surface area contributed by atoms with E-state index in [0.717, 1.165) is 5.56 Å². The lowest BCUT2D eigenvalue weighted by Gasteiger charge is -2.18. The number of hydrogen-bond acceptors (Lipinski definition) is 7. The molecule has 3 aromatic rings. The summed E-state index contributed by atoms with van der Waals surface area (Å²) >= 11 is 0. The van der Waals surface area contributed by atoms with Gasteiger partial charge in [-0.1, -0.05) is 0 Å². The van der Waals surface area contributed by atoms with Crippen LogP contribution in [0.15, 0.2) is 40.8 Å². The van der Waals surface area contributed by atoms with Crippen molar-refractivity contribution in [3.05, 3.63) is 64.4 Å². The second-order valence-corrected chi connectivity index (χ2v) is 9.51. The fraction of sp³-hybridized carbons (Fsp3) is 0.333. The summed E-state index contributed by atoms with van der Waals surface area (Å²) in [5.41, 5.74) is 2.01. The molecule has 0 atom stereocenters. The van der Waals surface area contributed by atoms with Crippen LogP contribution in [0.3, 0.4) is 0 Å². The maximum Gasteiger partial charge on any atom is 0.374 e. The summed E-state index contributed by atoms with van der Waals surface area (Å²) < 4.78 is 16.6. The molecule has 0 unspecified atom stereocenters. The third-order valence-electron chi connectivity index (χ3n) is 5.68. The standard InChI is InChI=1S/C27H29N3O6.BrH/c1-6-34-22-11-17-13-30(24(28)18(17)12-19(22)25(32)29-5)14-20(31)15-7-8-21-16(9-15)10-23(35-21)26(33)36-27(2,3)4;/h7-12,28H,6,13-14H2,1-5H3,(H,29,32);1H. The molecule has 0 radical (unpaired) electrons. The van der Waals surface area contributed by atoms with Gasteiger partial charge in [-0.25, -0.2) is 4.79 Å². The zero-order valence-electron chi connectivity index (χ0n) is 21.4. The summed E-state index contributed by atoms with van der Waals surface area (Å²) in [5.74, 6) is -0.379. The lowest BCUT2D eigenvalue weighted by atomic mass is 10.0. The second kappa shape index (κ2) is 10.8. The first kappa shape index (κ1) is 27.9. The van der Waals surface area contributed by atoms with E-state index in [0.29, 0.717) is 46.6 Å². The molecule has 10 heteroatoms. The average molecular weight is 572 g/mol. The Balaban J connectivity index is 0.00000380. The molecular formula is C27H30BrN3O6. The molecule has 37 heavy (non-hydrogen) atoms. The van der Waals surface area contributed by atoms with Crippen LogP contribution in [0.2, 0.25) is 0 Å². The predicted molar refractivity (Wildman–Crippen MR) is 144 cm³/mol. The van der Waals surface area contributed by atoms with Crippen LogP contribution in [0.5, 0.6) is 5.75 Å². The molecule has 0 saturated carbocycles. The van der Waals surface area contributed by atoms with Crippen molar-refractivity contribution in [1.29, 1.82) is 5.41 Å². The SMILES string of the molecule is Br.CCOc1cc2c(cc1C(=O)NC)C(=N)N(CC(=O)c1ccc3oc(C(=O)OC(C)(C)C)cc3c1)C2. The number of benzene rings is 2. The summed E-state index contributed by atoms with van der Waals surface area (Å²) in [6, 6.07) is 9.91. The average Bonchev–Trinajstić information content (AvgIpc) is 3.37. The minimum absolute atomic E-state index is 0. The highest BCUT2D eigenvalue weighted by Crippen LogP contribution is 2.31. The number of amides is 1. The fourth-order valence-electron chi connectivity index (χ4n) is 4.06. The molecule has 1 aliphatic heterocycles. The maximum absolute atomic E-state index is 13.1. The predicted octanol–water partition coefficient (Wildman–Crippen LogP) is 4.75. The number of esters is 1. The molecule has 0 saturated heterocycles. The number of nitrogens with one attached hydrogen (secondary N) is 2. The molecule has 2 heterocycles. The number of amidine groups is 1. The normalized spacial score (nSPS) is 12.7. The van der Waals surface area contributed by atoms with Gasteiger partial charge in [0, 0.05) is 30.1 Å². The van der Waals surface area contributed by atoms with Crippen molar-refractivity contribution in [1.82, 2.24) is 10.2 Å². The largest absolute Gasteiger partial charge is 0.493 e. The van der Waals surface area contributed by atoms with Gasteiger partial charge in [0.15, 0.2) is 5.78 Å². The number of Topliss-reactive ketones (excluding diaryl/α,β-unsaturated/α-hetero) is 1. The third-order valence-corrected chi connectivity index (χ3v) is 5.68. The van der Waals surface area contributed by atoms with Crippen molar-refractivity contribution in [2.75, 3.05) is 20.2 Å². The first-order valence-corrected chi connectivity index (χ1v) is 11.7. The Hall–Kier alpha value is -3.66. The smallest absolute Gasteiger partial charge is 0.374 e. The monoisotopic (exact) mass is 571 g/mol. The number of carbonyl (C=O) groups is 3. The van der Waals surface area contributed by atoms with E-state index in [4.69, 9.17) is 19.3 Å². The summed E-state index contributed by atoms with van der Waals surface area (Å²) in [7, 11) is 1.54. The van der Waals surface area contributed by atoms with Gasteiger partial charge in [0.05, 0.1) is 18.7 Å². The van der Waals surface area contributed by atoms with Crippen molar-refractivity contribution in [3.8, 4) is 5.75 Å². The van der Waals surface area contributed by atoms with E-state index < -0.39 is 11.6 Å². The van der Waals surface area contributed by atoms with Crippen LogP contribution < -0.4 is 10.1 Å². The highest BCUT2D eigenvalue weighted by molar-refractivity contribution is 8.93. The number of halogens is 1. The van der Waals surface area contributed by atoms with E-state index in [1.807, 2.05) is 6.92 Å². The van der Waals surface area contributed by atoms with E-state index in [1.54, 1.807) is 62.1 Å². The van der Waals surface area contributed by atoms with Crippen LogP contribution in [-0.4, -0.2) is 54.2 Å². The third kappa shape index (κ3) is 5.85. The van der Waals surface area contributed by atoms with Gasteiger partial charge in [-0.05, 0) is 69.7 Å². The number of carbonyl (C=O) groups excluding carboxylic acids is 3. The molecule has 0 bridgehead atoms. The van der Waals surface area contributed by atoms with Gasteiger partial charge in [0.2, 0.25) is 5.76 Å². The molecule has 196 valence electrons. The molecule has 0 fully saturated rings. The van der Waals surface area contributed by atoms with E-state index in [1.165, 1.54) is 7.05 Å². The molecule has 1 amide bonds. The first-order valence-electron chi connectivity index (χ1n) is 11.7. The van der Waals surface area contributed by atoms with E-state index >= 15 is 0 Å². The van der Waals surface area contributed by atoms with Crippen molar-refractivity contribution in [3.63, 3.8) is 0 Å². The van der Waals surface area contributed by atoms with Gasteiger partial charge < -0.3 is 24.1 Å². The molecule has 1 aromatic heterocycles. The van der Waals surface area contributed by atoms with Crippen LogP contribution in [0, 0.1) is 5.41 Å². The Labute approximate surface area is 225 Å². The zero-order chi connectivity index (χ0) is 26.2. The second-order valence-electron chi connectivity index (χ2n) is 9.51. The van der Waals surface area contributed by atoms with Gasteiger partial charge in [-0.2, -0.15) is 0 Å². The van der Waals surface area contributed by atoms with Crippen molar-refractivity contribution in [2.24, 2.45) is 0 Å². The van der Waals surface area contributed by atoms with Crippen LogP contribution >= 0.6 is 17.0 Å². The van der Waals surface area contributed by atoms with Gasteiger partial charge in [-0.15, -0.1) is 17.0 Å². The maximum atomic E-state index is 13.1. The van der Waals surface area contributed by atoms with Crippen molar-refractivity contribution in [2.45, 2.75) is 39.8 Å². The van der Waals surface area contributed by atoms with Crippen molar-refractivity contribution >= 4 is 51.4 Å². The number of hydrogen-bond donors (Lipinski definition) is 2. The molecule has 9 nitrogen and oxygen atoms in total. The number of nitrogens with zero attached hydrogens (tertiary/aromatic N) is 1. The first-order chi connectivity index (χ1) is 17.0. The van der Waals surface area contributed by atoms with Crippen LogP contribution in [0.1, 0.15) is 70.1 Å². The van der Waals surface area contributed by atoms with Gasteiger partial charge >= 0.3 is 5.97 Å². The van der Waals surface area contributed by atoms with Crippen LogP contribution in [0.25, 0.3) is 11.0 Å². The minimum Gasteiger partial charge on any atom is -0.493 e. The summed E-state index contributed by atoms with van der Waals surface area (Å²) in [6.45, 7) is 7.89. The van der Waals surface area contributed by atoms with Crippen LogP contribution in [0.4, 0.5) is 0 Å². The number of fused-ring (bicyclic) bond motifs is 2. The molecule has 1 aliphatic rings. The Bertz CT molecular complexity index is 1390. The minimum atomic E-state index is -0.653. The van der Waals surface area contributed by atoms with Gasteiger partial charge in [-0.3, -0.25) is 15.0 Å². The fourth-order valence-corrected chi connectivity index (χ4v) is 4.06. The highest BCUT2D eigenvalue weighted by Gasteiger charge is 2.29. The quantitative estimate of drug-likeness (QED) is 0.310. The molecule has 0 aliphatic carbocycles. The Morgan fingerprint density at radius 3 is 2.51 bits per heavy atom.